The van der Waals surface area contributed by atoms with E-state index in [2.05, 4.69) is 34.6 Å². The number of rotatable bonds is 56. The van der Waals surface area contributed by atoms with E-state index < -0.39 is 6.10 Å². The topological polar surface area (TPSA) is 78.9 Å². The van der Waals surface area contributed by atoms with Crippen molar-refractivity contribution in [2.45, 2.75) is 355 Å². The van der Waals surface area contributed by atoms with Crippen molar-refractivity contribution in [2.75, 3.05) is 13.2 Å². The van der Waals surface area contributed by atoms with Crippen LogP contribution in [-0.2, 0) is 28.6 Å². The number of carbonyl (C=O) groups is 3. The summed E-state index contributed by atoms with van der Waals surface area (Å²) in [7, 11) is 0. The molecular weight excluding hydrogens is 841 g/mol. The van der Waals surface area contributed by atoms with Crippen LogP contribution < -0.4 is 0 Å². The smallest absolute Gasteiger partial charge is 0.306 e. The van der Waals surface area contributed by atoms with E-state index in [1.54, 1.807) is 0 Å². The molecule has 1 unspecified atom stereocenters. The molecular formula is C62H120O6. The summed E-state index contributed by atoms with van der Waals surface area (Å²) >= 11 is 0. The van der Waals surface area contributed by atoms with Gasteiger partial charge in [0.25, 0.3) is 0 Å². The molecule has 2 atom stereocenters. The molecule has 0 rings (SSSR count). The summed E-state index contributed by atoms with van der Waals surface area (Å²) < 4.78 is 16.9. The van der Waals surface area contributed by atoms with Crippen LogP contribution in [0.25, 0.3) is 0 Å². The van der Waals surface area contributed by atoms with Crippen LogP contribution in [0.2, 0.25) is 0 Å². The molecule has 0 aromatic rings. The Labute approximate surface area is 425 Å². The van der Waals surface area contributed by atoms with E-state index in [1.165, 1.54) is 238 Å². The van der Waals surface area contributed by atoms with Crippen molar-refractivity contribution in [3.8, 4) is 0 Å². The molecule has 0 aliphatic carbocycles. The summed E-state index contributed by atoms with van der Waals surface area (Å²) in [5.74, 6) is 0.909. The van der Waals surface area contributed by atoms with Gasteiger partial charge in [-0.25, -0.2) is 0 Å². The van der Waals surface area contributed by atoms with Gasteiger partial charge in [-0.2, -0.15) is 0 Å². The van der Waals surface area contributed by atoms with E-state index in [0.29, 0.717) is 19.3 Å². The summed E-state index contributed by atoms with van der Waals surface area (Å²) in [6, 6.07) is 0. The largest absolute Gasteiger partial charge is 0.462 e. The van der Waals surface area contributed by atoms with Gasteiger partial charge in [0.1, 0.15) is 13.2 Å². The van der Waals surface area contributed by atoms with E-state index in [-0.39, 0.29) is 31.1 Å². The Hall–Kier alpha value is -1.59. The van der Waals surface area contributed by atoms with Crippen LogP contribution in [0.15, 0.2) is 0 Å². The standard InChI is InChI=1S/C62H120O6/c1-6-8-9-10-11-12-13-20-29-34-39-44-49-54-62(65)68-59(56-67-61(64)53-48-43-38-33-28-24-23-25-30-35-40-45-50-57(3)4)55-66-60(63)52-47-42-37-32-27-22-19-17-15-14-16-18-21-26-31-36-41-46-51-58(5)7-2/h57-59H,6-56H2,1-5H3/t58?,59-/m1/s1. The first-order valence-corrected chi connectivity index (χ1v) is 30.8. The average molecular weight is 962 g/mol. The second kappa shape index (κ2) is 54.7. The minimum atomic E-state index is -0.763. The highest BCUT2D eigenvalue weighted by atomic mass is 16.6. The molecule has 0 aliphatic rings. The third kappa shape index (κ3) is 53.8. The average Bonchev–Trinajstić information content (AvgIpc) is 3.32. The van der Waals surface area contributed by atoms with Gasteiger partial charge in [-0.15, -0.1) is 0 Å². The molecule has 0 radical (unpaired) electrons. The molecule has 0 saturated heterocycles. The lowest BCUT2D eigenvalue weighted by molar-refractivity contribution is -0.167. The van der Waals surface area contributed by atoms with E-state index >= 15 is 0 Å². The molecule has 0 saturated carbocycles. The highest BCUT2D eigenvalue weighted by Crippen LogP contribution is 2.19. The van der Waals surface area contributed by atoms with Gasteiger partial charge in [0, 0.05) is 19.3 Å². The zero-order valence-electron chi connectivity index (χ0n) is 46.7. The summed E-state index contributed by atoms with van der Waals surface area (Å²) in [5, 5.41) is 0. The highest BCUT2D eigenvalue weighted by molar-refractivity contribution is 5.71. The monoisotopic (exact) mass is 961 g/mol. The SMILES string of the molecule is CCCCCCCCCCCCCCCC(=O)O[C@H](COC(=O)CCCCCCCCCCCCCCCCCCCCC(C)CC)COC(=O)CCCCCCCCCCCCCCC(C)C. The maximum Gasteiger partial charge on any atom is 0.306 e. The van der Waals surface area contributed by atoms with E-state index in [0.717, 1.165) is 69.6 Å². The van der Waals surface area contributed by atoms with Gasteiger partial charge in [-0.05, 0) is 31.1 Å². The number of hydrogen-bond acceptors (Lipinski definition) is 6. The maximum absolute atomic E-state index is 12.8. The second-order valence-electron chi connectivity index (χ2n) is 22.1. The molecule has 0 aromatic carbocycles. The van der Waals surface area contributed by atoms with Gasteiger partial charge in [0.05, 0.1) is 0 Å². The van der Waals surface area contributed by atoms with Gasteiger partial charge in [0.2, 0.25) is 0 Å². The summed E-state index contributed by atoms with van der Waals surface area (Å²) in [6.45, 7) is 11.5. The highest BCUT2D eigenvalue weighted by Gasteiger charge is 2.19. The zero-order chi connectivity index (χ0) is 49.6. The Morgan fingerprint density at radius 2 is 0.559 bits per heavy atom. The molecule has 0 N–H and O–H groups in total. The van der Waals surface area contributed by atoms with Crippen LogP contribution in [0.5, 0.6) is 0 Å². The van der Waals surface area contributed by atoms with Crippen LogP contribution in [0.4, 0.5) is 0 Å². The summed E-state index contributed by atoms with van der Waals surface area (Å²) in [6.07, 6.45) is 59.5. The minimum absolute atomic E-state index is 0.0622. The molecule has 0 spiro atoms. The molecule has 404 valence electrons. The quantitative estimate of drug-likeness (QED) is 0.0343. The lowest BCUT2D eigenvalue weighted by atomic mass is 9.99. The summed E-state index contributed by atoms with van der Waals surface area (Å²) in [5.41, 5.74) is 0. The molecule has 0 fully saturated rings. The third-order valence-corrected chi connectivity index (χ3v) is 14.6. The van der Waals surface area contributed by atoms with Crippen LogP contribution in [0.1, 0.15) is 349 Å². The lowest BCUT2D eigenvalue weighted by Crippen LogP contribution is -2.30. The van der Waals surface area contributed by atoms with Crippen LogP contribution in [0, 0.1) is 11.8 Å². The van der Waals surface area contributed by atoms with Crippen molar-refractivity contribution in [3.05, 3.63) is 0 Å². The van der Waals surface area contributed by atoms with Crippen molar-refractivity contribution >= 4 is 17.9 Å². The fraction of sp³-hybridized carbons (Fsp3) is 0.952. The molecule has 0 aromatic heterocycles. The number of unbranched alkanes of at least 4 members (excludes halogenated alkanes) is 40. The number of esters is 3. The molecule has 0 heterocycles. The number of hydrogen-bond donors (Lipinski definition) is 0. The van der Waals surface area contributed by atoms with Gasteiger partial charge >= 0.3 is 17.9 Å². The third-order valence-electron chi connectivity index (χ3n) is 14.6. The van der Waals surface area contributed by atoms with E-state index in [4.69, 9.17) is 14.2 Å². The Morgan fingerprint density at radius 1 is 0.309 bits per heavy atom. The van der Waals surface area contributed by atoms with Crippen LogP contribution >= 0.6 is 0 Å². The van der Waals surface area contributed by atoms with Crippen molar-refractivity contribution in [1.29, 1.82) is 0 Å². The van der Waals surface area contributed by atoms with E-state index in [9.17, 15) is 14.4 Å². The molecule has 0 amide bonds. The number of carbonyl (C=O) groups excluding carboxylic acids is 3. The predicted molar refractivity (Wildman–Crippen MR) is 293 cm³/mol. The van der Waals surface area contributed by atoms with Crippen LogP contribution in [-0.4, -0.2) is 37.2 Å². The fourth-order valence-electron chi connectivity index (χ4n) is 9.55. The first-order valence-electron chi connectivity index (χ1n) is 30.8. The number of ether oxygens (including phenoxy) is 3. The van der Waals surface area contributed by atoms with Gasteiger partial charge in [0.15, 0.2) is 6.10 Å². The zero-order valence-corrected chi connectivity index (χ0v) is 46.7. The van der Waals surface area contributed by atoms with Gasteiger partial charge < -0.3 is 14.2 Å². The van der Waals surface area contributed by atoms with Crippen molar-refractivity contribution in [1.82, 2.24) is 0 Å². The van der Waals surface area contributed by atoms with Crippen molar-refractivity contribution < 1.29 is 28.6 Å². The van der Waals surface area contributed by atoms with Crippen molar-refractivity contribution in [2.24, 2.45) is 11.8 Å². The molecule has 0 bridgehead atoms. The first kappa shape index (κ1) is 66.4. The molecule has 6 nitrogen and oxygen atoms in total. The predicted octanol–water partition coefficient (Wildman–Crippen LogP) is 20.4. The second-order valence-corrected chi connectivity index (χ2v) is 22.1. The molecule has 68 heavy (non-hydrogen) atoms. The van der Waals surface area contributed by atoms with Gasteiger partial charge in [-0.1, -0.05) is 311 Å². The Balaban J connectivity index is 4.23. The lowest BCUT2D eigenvalue weighted by Gasteiger charge is -2.18. The van der Waals surface area contributed by atoms with E-state index in [1.807, 2.05) is 0 Å². The maximum atomic E-state index is 12.8. The molecule has 6 heteroatoms. The Kier molecular flexibility index (Phi) is 53.5. The molecule has 0 aliphatic heterocycles. The Morgan fingerprint density at radius 3 is 0.838 bits per heavy atom. The Bertz CT molecular complexity index is 1040. The minimum Gasteiger partial charge on any atom is -0.462 e. The first-order chi connectivity index (χ1) is 33.3. The fourth-order valence-corrected chi connectivity index (χ4v) is 9.55. The van der Waals surface area contributed by atoms with Crippen LogP contribution in [0.3, 0.4) is 0 Å². The summed E-state index contributed by atoms with van der Waals surface area (Å²) in [4.78, 5) is 38.2. The normalized spacial score (nSPS) is 12.4. The van der Waals surface area contributed by atoms with Gasteiger partial charge in [-0.3, -0.25) is 14.4 Å². The van der Waals surface area contributed by atoms with Crippen molar-refractivity contribution in [3.63, 3.8) is 0 Å².